The monoisotopic (exact) mass is 277 g/mol. The van der Waals surface area contributed by atoms with Crippen LogP contribution in [0.25, 0.3) is 0 Å². The van der Waals surface area contributed by atoms with Crippen LogP contribution in [0.1, 0.15) is 41.8 Å². The van der Waals surface area contributed by atoms with Crippen LogP contribution in [0.2, 0.25) is 0 Å². The molecule has 0 aliphatic carbocycles. The minimum absolute atomic E-state index is 0.472. The SMILES string of the molecule is CCCNC(CCc1cnn(C)c1)c1sccc1C. The van der Waals surface area contributed by atoms with Crippen LogP contribution >= 0.6 is 11.3 Å². The van der Waals surface area contributed by atoms with E-state index in [-0.39, 0.29) is 0 Å². The van der Waals surface area contributed by atoms with Gasteiger partial charge in [0.2, 0.25) is 0 Å². The van der Waals surface area contributed by atoms with Crippen molar-refractivity contribution in [3.63, 3.8) is 0 Å². The molecule has 1 atom stereocenters. The quantitative estimate of drug-likeness (QED) is 0.840. The summed E-state index contributed by atoms with van der Waals surface area (Å²) in [6, 6.07) is 2.69. The zero-order valence-corrected chi connectivity index (χ0v) is 12.8. The molecule has 19 heavy (non-hydrogen) atoms. The highest BCUT2D eigenvalue weighted by Gasteiger charge is 2.14. The van der Waals surface area contributed by atoms with Crippen LogP contribution in [-0.2, 0) is 13.5 Å². The molecule has 0 aliphatic rings. The minimum atomic E-state index is 0.472. The van der Waals surface area contributed by atoms with Crippen LogP contribution in [0.4, 0.5) is 0 Å². The first-order valence-electron chi connectivity index (χ1n) is 6.95. The van der Waals surface area contributed by atoms with Crippen LogP contribution in [0.5, 0.6) is 0 Å². The molecule has 2 aromatic heterocycles. The third kappa shape index (κ3) is 3.91. The molecule has 0 radical (unpaired) electrons. The Morgan fingerprint density at radius 2 is 2.32 bits per heavy atom. The van der Waals surface area contributed by atoms with Gasteiger partial charge in [-0.2, -0.15) is 5.10 Å². The summed E-state index contributed by atoms with van der Waals surface area (Å²) in [6.07, 6.45) is 7.46. The number of hydrogen-bond acceptors (Lipinski definition) is 3. The average molecular weight is 277 g/mol. The van der Waals surface area contributed by atoms with E-state index in [1.807, 2.05) is 29.3 Å². The Kier molecular flexibility index (Phi) is 5.16. The van der Waals surface area contributed by atoms with Crippen LogP contribution < -0.4 is 5.32 Å². The van der Waals surface area contributed by atoms with E-state index < -0.39 is 0 Å². The van der Waals surface area contributed by atoms with Crippen molar-refractivity contribution in [1.29, 1.82) is 0 Å². The fourth-order valence-electron chi connectivity index (χ4n) is 2.30. The molecule has 3 nitrogen and oxygen atoms in total. The van der Waals surface area contributed by atoms with Crippen molar-refractivity contribution >= 4 is 11.3 Å². The van der Waals surface area contributed by atoms with Crippen molar-refractivity contribution in [1.82, 2.24) is 15.1 Å². The number of nitrogens with one attached hydrogen (secondary N) is 1. The predicted octanol–water partition coefficient (Wildman–Crippen LogP) is 3.46. The van der Waals surface area contributed by atoms with Crippen molar-refractivity contribution in [2.75, 3.05) is 6.54 Å². The van der Waals surface area contributed by atoms with Crippen LogP contribution in [0.15, 0.2) is 23.8 Å². The summed E-state index contributed by atoms with van der Waals surface area (Å²) >= 11 is 1.87. The number of hydrogen-bond donors (Lipinski definition) is 1. The summed E-state index contributed by atoms with van der Waals surface area (Å²) in [7, 11) is 1.97. The van der Waals surface area contributed by atoms with Crippen molar-refractivity contribution in [3.05, 3.63) is 39.8 Å². The smallest absolute Gasteiger partial charge is 0.0521 e. The molecule has 0 aromatic carbocycles. The van der Waals surface area contributed by atoms with Crippen molar-refractivity contribution in [3.8, 4) is 0 Å². The Bertz CT molecular complexity index is 501. The Labute approximate surface area is 119 Å². The molecule has 2 aromatic rings. The van der Waals surface area contributed by atoms with E-state index in [4.69, 9.17) is 0 Å². The number of nitrogens with zero attached hydrogens (tertiary/aromatic N) is 2. The second kappa shape index (κ2) is 6.87. The molecule has 0 spiro atoms. The van der Waals surface area contributed by atoms with E-state index in [9.17, 15) is 0 Å². The van der Waals surface area contributed by atoms with E-state index in [0.717, 1.165) is 19.4 Å². The normalized spacial score (nSPS) is 12.8. The first-order valence-corrected chi connectivity index (χ1v) is 7.83. The fraction of sp³-hybridized carbons (Fsp3) is 0.533. The minimum Gasteiger partial charge on any atom is -0.309 e. The summed E-state index contributed by atoms with van der Waals surface area (Å²) < 4.78 is 1.88. The molecule has 2 heterocycles. The second-order valence-corrected chi connectivity index (χ2v) is 5.98. The van der Waals surface area contributed by atoms with Gasteiger partial charge >= 0.3 is 0 Å². The zero-order valence-electron chi connectivity index (χ0n) is 12.0. The fourth-order valence-corrected chi connectivity index (χ4v) is 3.34. The van der Waals surface area contributed by atoms with Gasteiger partial charge in [-0.1, -0.05) is 6.92 Å². The maximum atomic E-state index is 4.24. The lowest BCUT2D eigenvalue weighted by molar-refractivity contribution is 0.504. The summed E-state index contributed by atoms with van der Waals surface area (Å²) in [6.45, 7) is 5.50. The number of rotatable bonds is 7. The van der Waals surface area contributed by atoms with Gasteiger partial charge < -0.3 is 5.32 Å². The Morgan fingerprint density at radius 3 is 2.89 bits per heavy atom. The second-order valence-electron chi connectivity index (χ2n) is 5.04. The highest BCUT2D eigenvalue weighted by atomic mass is 32.1. The van der Waals surface area contributed by atoms with Crippen molar-refractivity contribution in [2.24, 2.45) is 7.05 Å². The van der Waals surface area contributed by atoms with Gasteiger partial charge in [-0.05, 0) is 55.3 Å². The maximum Gasteiger partial charge on any atom is 0.0521 e. The average Bonchev–Trinajstić information content (AvgIpc) is 2.99. The molecule has 0 aliphatic heterocycles. The lowest BCUT2D eigenvalue weighted by Gasteiger charge is -2.18. The summed E-state index contributed by atoms with van der Waals surface area (Å²) in [5.74, 6) is 0. The molecule has 1 unspecified atom stereocenters. The molecule has 1 N–H and O–H groups in total. The van der Waals surface area contributed by atoms with E-state index >= 15 is 0 Å². The Hall–Kier alpha value is -1.13. The van der Waals surface area contributed by atoms with Crippen LogP contribution in [0.3, 0.4) is 0 Å². The Balaban J connectivity index is 2.00. The predicted molar refractivity (Wildman–Crippen MR) is 81.6 cm³/mol. The van der Waals surface area contributed by atoms with Gasteiger partial charge in [-0.15, -0.1) is 11.3 Å². The van der Waals surface area contributed by atoms with Gasteiger partial charge in [0.1, 0.15) is 0 Å². The third-order valence-electron chi connectivity index (χ3n) is 3.34. The highest BCUT2D eigenvalue weighted by Crippen LogP contribution is 2.27. The van der Waals surface area contributed by atoms with Gasteiger partial charge in [0.15, 0.2) is 0 Å². The summed E-state index contributed by atoms with van der Waals surface area (Å²) in [5.41, 5.74) is 2.73. The number of aryl methyl sites for hydroxylation is 3. The number of thiophene rings is 1. The molecule has 4 heteroatoms. The molecular weight excluding hydrogens is 254 g/mol. The van der Waals surface area contributed by atoms with E-state index in [1.165, 1.54) is 22.4 Å². The van der Waals surface area contributed by atoms with E-state index in [2.05, 4.69) is 41.9 Å². The van der Waals surface area contributed by atoms with Gasteiger partial charge in [-0.3, -0.25) is 4.68 Å². The summed E-state index contributed by atoms with van der Waals surface area (Å²) in [5, 5.41) is 10.1. The molecule has 0 saturated heterocycles. The molecule has 104 valence electrons. The topological polar surface area (TPSA) is 29.9 Å². The third-order valence-corrected chi connectivity index (χ3v) is 4.47. The Morgan fingerprint density at radius 1 is 1.47 bits per heavy atom. The first-order chi connectivity index (χ1) is 9.20. The first kappa shape index (κ1) is 14.3. The van der Waals surface area contributed by atoms with Gasteiger partial charge in [0.25, 0.3) is 0 Å². The molecule has 0 fully saturated rings. The lowest BCUT2D eigenvalue weighted by atomic mass is 10.0. The summed E-state index contributed by atoms with van der Waals surface area (Å²) in [4.78, 5) is 1.48. The molecule has 0 saturated carbocycles. The molecule has 0 amide bonds. The van der Waals surface area contributed by atoms with Crippen molar-refractivity contribution < 1.29 is 0 Å². The molecule has 0 bridgehead atoms. The van der Waals surface area contributed by atoms with E-state index in [1.54, 1.807) is 0 Å². The largest absolute Gasteiger partial charge is 0.309 e. The van der Waals surface area contributed by atoms with Crippen molar-refractivity contribution in [2.45, 2.75) is 39.2 Å². The van der Waals surface area contributed by atoms with Crippen LogP contribution in [0, 0.1) is 6.92 Å². The lowest BCUT2D eigenvalue weighted by Crippen LogP contribution is -2.22. The maximum absolute atomic E-state index is 4.24. The van der Waals surface area contributed by atoms with E-state index in [0.29, 0.717) is 6.04 Å². The van der Waals surface area contributed by atoms with Gasteiger partial charge in [0, 0.05) is 24.2 Å². The van der Waals surface area contributed by atoms with Gasteiger partial charge in [0.05, 0.1) is 6.20 Å². The number of aromatic nitrogens is 2. The zero-order chi connectivity index (χ0) is 13.7. The molecule has 2 rings (SSSR count). The molecular formula is C15H23N3S. The van der Waals surface area contributed by atoms with Crippen LogP contribution in [-0.4, -0.2) is 16.3 Å². The van der Waals surface area contributed by atoms with Gasteiger partial charge in [-0.25, -0.2) is 0 Å². The highest BCUT2D eigenvalue weighted by molar-refractivity contribution is 7.10. The standard InChI is InChI=1S/C15H23N3S/c1-4-8-16-14(15-12(2)7-9-19-15)6-5-13-10-17-18(3)11-13/h7,9-11,14,16H,4-6,8H2,1-3H3.